The molecule has 0 amide bonds. The molecule has 0 bridgehead atoms. The van der Waals surface area contributed by atoms with Crippen molar-refractivity contribution in [3.8, 4) is 0 Å². The number of aromatic amines is 1. The lowest BCUT2D eigenvalue weighted by Gasteiger charge is -2.24. The summed E-state index contributed by atoms with van der Waals surface area (Å²) in [6.45, 7) is 9.79. The molecule has 1 aromatic carbocycles. The summed E-state index contributed by atoms with van der Waals surface area (Å²) in [6.07, 6.45) is 1.14. The van der Waals surface area contributed by atoms with Gasteiger partial charge < -0.3 is 10.3 Å². The molecule has 0 aliphatic rings. The lowest BCUT2D eigenvalue weighted by atomic mass is 10.0. The van der Waals surface area contributed by atoms with Crippen molar-refractivity contribution in [1.29, 1.82) is 0 Å². The molecule has 4 heteroatoms. The Balaban J connectivity index is 1.88. The molecule has 0 spiro atoms. The molecule has 0 saturated heterocycles. The zero-order valence-corrected chi connectivity index (χ0v) is 13.0. The van der Waals surface area contributed by atoms with Gasteiger partial charge in [0.2, 0.25) is 0 Å². The maximum absolute atomic E-state index is 4.59. The zero-order chi connectivity index (χ0) is 13.9. The third-order valence-corrected chi connectivity index (χ3v) is 4.32. The molecule has 0 aliphatic carbocycles. The number of H-pyrrole nitrogens is 1. The Kier molecular flexibility index (Phi) is 4.53. The van der Waals surface area contributed by atoms with E-state index in [1.165, 1.54) is 5.56 Å². The fourth-order valence-electron chi connectivity index (χ4n) is 1.83. The first-order chi connectivity index (χ1) is 9.00. The highest BCUT2D eigenvalue weighted by Crippen LogP contribution is 2.20. The average molecular weight is 277 g/mol. The van der Waals surface area contributed by atoms with E-state index in [2.05, 4.69) is 61.2 Å². The smallest absolute Gasteiger partial charge is 0.166 e. The molecule has 0 unspecified atom stereocenters. The van der Waals surface area contributed by atoms with Crippen LogP contribution in [-0.4, -0.2) is 27.8 Å². The Bertz CT molecular complexity index is 545. The van der Waals surface area contributed by atoms with E-state index in [9.17, 15) is 0 Å². The molecular weight excluding hydrogens is 254 g/mol. The lowest BCUT2D eigenvalue weighted by Crippen LogP contribution is -2.39. The number of fused-ring (bicyclic) bond motifs is 1. The van der Waals surface area contributed by atoms with Crippen LogP contribution < -0.4 is 5.32 Å². The van der Waals surface area contributed by atoms with Gasteiger partial charge in [0, 0.05) is 17.8 Å². The molecule has 0 aliphatic heterocycles. The topological polar surface area (TPSA) is 40.7 Å². The highest BCUT2D eigenvalue weighted by molar-refractivity contribution is 7.99. The van der Waals surface area contributed by atoms with Crippen LogP contribution in [0.4, 0.5) is 0 Å². The number of nitrogens with zero attached hydrogens (tertiary/aromatic N) is 1. The second-order valence-corrected chi connectivity index (χ2v) is 6.66. The van der Waals surface area contributed by atoms with E-state index in [0.717, 1.165) is 34.9 Å². The maximum atomic E-state index is 4.59. The summed E-state index contributed by atoms with van der Waals surface area (Å²) in [7, 11) is 0. The van der Waals surface area contributed by atoms with Gasteiger partial charge in [-0.3, -0.25) is 0 Å². The van der Waals surface area contributed by atoms with Gasteiger partial charge in [0.25, 0.3) is 0 Å². The Labute approximate surface area is 119 Å². The summed E-state index contributed by atoms with van der Waals surface area (Å²) in [5.74, 6) is 1.03. The largest absolute Gasteiger partial charge is 0.333 e. The number of thioether (sulfide) groups is 1. The highest BCUT2D eigenvalue weighted by atomic mass is 32.2. The molecule has 104 valence electrons. The maximum Gasteiger partial charge on any atom is 0.166 e. The van der Waals surface area contributed by atoms with Crippen molar-refractivity contribution in [2.75, 3.05) is 12.3 Å². The van der Waals surface area contributed by atoms with Crippen LogP contribution in [0.1, 0.15) is 32.8 Å². The number of aryl methyl sites for hydroxylation is 1. The first kappa shape index (κ1) is 14.4. The van der Waals surface area contributed by atoms with E-state index in [4.69, 9.17) is 0 Å². The lowest BCUT2D eigenvalue weighted by molar-refractivity contribution is 0.388. The SMILES string of the molecule is CCC(C)(C)NCCSc1nc2ccc(C)cc2[nH]1. The molecule has 0 atom stereocenters. The molecule has 3 nitrogen and oxygen atoms in total. The molecule has 19 heavy (non-hydrogen) atoms. The number of hydrogen-bond donors (Lipinski definition) is 2. The zero-order valence-electron chi connectivity index (χ0n) is 12.2. The molecular formula is C15H23N3S. The standard InChI is InChI=1S/C15H23N3S/c1-5-15(3,4)16-8-9-19-14-17-12-7-6-11(2)10-13(12)18-14/h6-7,10,16H,5,8-9H2,1-4H3,(H,17,18). The van der Waals surface area contributed by atoms with Gasteiger partial charge >= 0.3 is 0 Å². The molecule has 0 fully saturated rings. The molecule has 1 aromatic heterocycles. The van der Waals surface area contributed by atoms with Gasteiger partial charge in [0.15, 0.2) is 5.16 Å². The van der Waals surface area contributed by atoms with Crippen molar-refractivity contribution in [3.63, 3.8) is 0 Å². The van der Waals surface area contributed by atoms with Crippen molar-refractivity contribution >= 4 is 22.8 Å². The summed E-state index contributed by atoms with van der Waals surface area (Å²) >= 11 is 1.77. The van der Waals surface area contributed by atoms with Crippen LogP contribution in [0.2, 0.25) is 0 Å². The third-order valence-electron chi connectivity index (χ3n) is 3.44. The van der Waals surface area contributed by atoms with Crippen LogP contribution >= 0.6 is 11.8 Å². The van der Waals surface area contributed by atoms with Gasteiger partial charge in [-0.2, -0.15) is 0 Å². The monoisotopic (exact) mass is 277 g/mol. The van der Waals surface area contributed by atoms with Crippen molar-refractivity contribution in [2.24, 2.45) is 0 Å². The van der Waals surface area contributed by atoms with Crippen LogP contribution in [0.15, 0.2) is 23.4 Å². The Morgan fingerprint density at radius 1 is 1.37 bits per heavy atom. The normalized spacial score (nSPS) is 12.2. The van der Waals surface area contributed by atoms with Crippen LogP contribution in [0.25, 0.3) is 11.0 Å². The van der Waals surface area contributed by atoms with E-state index in [0.29, 0.717) is 0 Å². The number of benzene rings is 1. The highest BCUT2D eigenvalue weighted by Gasteiger charge is 2.13. The van der Waals surface area contributed by atoms with Crippen LogP contribution in [0.3, 0.4) is 0 Å². The Morgan fingerprint density at radius 3 is 2.89 bits per heavy atom. The second-order valence-electron chi connectivity index (χ2n) is 5.58. The van der Waals surface area contributed by atoms with Gasteiger partial charge in [-0.15, -0.1) is 0 Å². The van der Waals surface area contributed by atoms with Crippen molar-refractivity contribution < 1.29 is 0 Å². The van der Waals surface area contributed by atoms with Crippen LogP contribution in [0.5, 0.6) is 0 Å². The summed E-state index contributed by atoms with van der Waals surface area (Å²) in [5, 5.41) is 4.57. The van der Waals surface area contributed by atoms with Gasteiger partial charge in [0.05, 0.1) is 11.0 Å². The van der Waals surface area contributed by atoms with E-state index >= 15 is 0 Å². The third kappa shape index (κ3) is 3.98. The van der Waals surface area contributed by atoms with E-state index in [1.54, 1.807) is 11.8 Å². The summed E-state index contributed by atoms with van der Waals surface area (Å²) in [6, 6.07) is 6.32. The first-order valence-corrected chi connectivity index (χ1v) is 7.83. The summed E-state index contributed by atoms with van der Waals surface area (Å²) in [4.78, 5) is 7.96. The second kappa shape index (κ2) is 5.97. The molecule has 2 N–H and O–H groups in total. The first-order valence-electron chi connectivity index (χ1n) is 6.84. The quantitative estimate of drug-likeness (QED) is 0.624. The molecule has 0 saturated carbocycles. The van der Waals surface area contributed by atoms with Crippen molar-refractivity contribution in [3.05, 3.63) is 23.8 Å². The molecule has 0 radical (unpaired) electrons. The molecule has 2 aromatic rings. The predicted molar refractivity (Wildman–Crippen MR) is 83.9 cm³/mol. The summed E-state index contributed by atoms with van der Waals surface area (Å²) < 4.78 is 0. The average Bonchev–Trinajstić information content (AvgIpc) is 2.76. The predicted octanol–water partition coefficient (Wildman–Crippen LogP) is 3.74. The van der Waals surface area contributed by atoms with Crippen molar-refractivity contribution in [1.82, 2.24) is 15.3 Å². The van der Waals surface area contributed by atoms with Crippen molar-refractivity contribution in [2.45, 2.75) is 44.8 Å². The number of rotatable bonds is 6. The number of hydrogen-bond acceptors (Lipinski definition) is 3. The van der Waals surface area contributed by atoms with E-state index < -0.39 is 0 Å². The number of aromatic nitrogens is 2. The van der Waals surface area contributed by atoms with Crippen LogP contribution in [0, 0.1) is 6.92 Å². The fraction of sp³-hybridized carbons (Fsp3) is 0.533. The Hall–Kier alpha value is -1.00. The number of nitrogens with one attached hydrogen (secondary N) is 2. The van der Waals surface area contributed by atoms with Gasteiger partial charge in [-0.05, 0) is 44.9 Å². The van der Waals surface area contributed by atoms with Gasteiger partial charge in [-0.1, -0.05) is 24.8 Å². The van der Waals surface area contributed by atoms with Gasteiger partial charge in [0.1, 0.15) is 0 Å². The van der Waals surface area contributed by atoms with Gasteiger partial charge in [-0.25, -0.2) is 4.98 Å². The molecule has 1 heterocycles. The van der Waals surface area contributed by atoms with E-state index in [1.807, 2.05) is 0 Å². The fourth-order valence-corrected chi connectivity index (χ4v) is 2.57. The number of imidazole rings is 1. The van der Waals surface area contributed by atoms with Crippen LogP contribution in [-0.2, 0) is 0 Å². The minimum absolute atomic E-state index is 0.228. The Morgan fingerprint density at radius 2 is 2.16 bits per heavy atom. The van der Waals surface area contributed by atoms with E-state index in [-0.39, 0.29) is 5.54 Å². The molecule has 2 rings (SSSR count). The summed E-state index contributed by atoms with van der Waals surface area (Å²) in [5.41, 5.74) is 3.67. The minimum Gasteiger partial charge on any atom is -0.333 e. The minimum atomic E-state index is 0.228.